The number of carbonyl (C=O) groups is 1. The second-order valence-electron chi connectivity index (χ2n) is 6.77. The Morgan fingerprint density at radius 2 is 1.74 bits per heavy atom. The number of sulfonamides is 1. The number of aromatic nitrogens is 2. The minimum atomic E-state index is -4.02. The summed E-state index contributed by atoms with van der Waals surface area (Å²) in [6.07, 6.45) is -1.02. The van der Waals surface area contributed by atoms with E-state index in [4.69, 9.17) is 0 Å². The van der Waals surface area contributed by atoms with Gasteiger partial charge in [-0.2, -0.15) is 0 Å². The highest BCUT2D eigenvalue weighted by Gasteiger charge is 2.25. The standard InChI is InChI=1S/C20H23N3O4S2.C2H6/c1-12-10-18(19(28-12)29(25,26)22-20(24)27-5)17-8-6-16(7-9-17)11-23-14(3)13(2)21-15(23)4;1-2/h6-10H,11H2,1-5H3,(H,22,24);1-2H3. The van der Waals surface area contributed by atoms with E-state index in [0.29, 0.717) is 12.1 Å². The average Bonchev–Trinajstić information content (AvgIpc) is 3.25. The van der Waals surface area contributed by atoms with Crippen molar-refractivity contribution in [3.05, 3.63) is 58.0 Å². The van der Waals surface area contributed by atoms with Crippen LogP contribution in [0.2, 0.25) is 0 Å². The van der Waals surface area contributed by atoms with Crippen LogP contribution in [0.25, 0.3) is 11.1 Å². The zero-order valence-corrected chi connectivity index (χ0v) is 20.6. The van der Waals surface area contributed by atoms with Gasteiger partial charge in [-0.15, -0.1) is 11.3 Å². The molecular formula is C22H29N3O4S2. The third-order valence-electron chi connectivity index (χ3n) is 4.72. The summed E-state index contributed by atoms with van der Waals surface area (Å²) in [5, 5.41) is 0. The maximum atomic E-state index is 12.6. The van der Waals surface area contributed by atoms with Crippen molar-refractivity contribution in [3.8, 4) is 11.1 Å². The predicted octanol–water partition coefficient (Wildman–Crippen LogP) is 4.96. The lowest BCUT2D eigenvalue weighted by Crippen LogP contribution is -2.30. The van der Waals surface area contributed by atoms with Gasteiger partial charge >= 0.3 is 6.09 Å². The normalized spacial score (nSPS) is 10.9. The summed E-state index contributed by atoms with van der Waals surface area (Å²) in [6, 6.07) is 9.53. The van der Waals surface area contributed by atoms with Crippen LogP contribution in [0.1, 0.15) is 41.5 Å². The van der Waals surface area contributed by atoms with E-state index in [0.717, 1.165) is 51.7 Å². The maximum absolute atomic E-state index is 12.6. The van der Waals surface area contributed by atoms with E-state index in [-0.39, 0.29) is 4.21 Å². The fourth-order valence-electron chi connectivity index (χ4n) is 3.12. The topological polar surface area (TPSA) is 90.3 Å². The molecule has 168 valence electrons. The van der Waals surface area contributed by atoms with Crippen LogP contribution in [0, 0.1) is 27.7 Å². The van der Waals surface area contributed by atoms with Crippen LogP contribution in [0.3, 0.4) is 0 Å². The molecule has 0 spiro atoms. The lowest BCUT2D eigenvalue weighted by molar-refractivity contribution is 0.177. The molecule has 31 heavy (non-hydrogen) atoms. The Bertz CT molecular complexity index is 1160. The molecule has 3 rings (SSSR count). The molecule has 2 aromatic heterocycles. The van der Waals surface area contributed by atoms with Gasteiger partial charge in [0.25, 0.3) is 10.0 Å². The summed E-state index contributed by atoms with van der Waals surface area (Å²) in [7, 11) is -2.89. The first-order valence-electron chi connectivity index (χ1n) is 9.93. The zero-order valence-electron chi connectivity index (χ0n) is 18.9. The summed E-state index contributed by atoms with van der Waals surface area (Å²) < 4.78 is 33.7. The molecule has 3 aromatic rings. The van der Waals surface area contributed by atoms with Crippen molar-refractivity contribution in [3.63, 3.8) is 0 Å². The monoisotopic (exact) mass is 463 g/mol. The Labute approximate surface area is 188 Å². The first kappa shape index (κ1) is 24.6. The highest BCUT2D eigenvalue weighted by Crippen LogP contribution is 2.35. The maximum Gasteiger partial charge on any atom is 0.420 e. The lowest BCUT2D eigenvalue weighted by atomic mass is 10.1. The molecule has 2 heterocycles. The van der Waals surface area contributed by atoms with Crippen LogP contribution >= 0.6 is 11.3 Å². The predicted molar refractivity (Wildman–Crippen MR) is 124 cm³/mol. The number of aryl methyl sites for hydroxylation is 3. The highest BCUT2D eigenvalue weighted by molar-refractivity contribution is 7.92. The number of nitrogens with zero attached hydrogens (tertiary/aromatic N) is 2. The molecule has 1 aromatic carbocycles. The lowest BCUT2D eigenvalue weighted by Gasteiger charge is -2.10. The second-order valence-corrected chi connectivity index (χ2v) is 9.90. The molecule has 0 saturated carbocycles. The molecule has 9 heteroatoms. The molecule has 7 nitrogen and oxygen atoms in total. The van der Waals surface area contributed by atoms with Gasteiger partial charge in [0.1, 0.15) is 10.0 Å². The minimum absolute atomic E-state index is 0.0880. The molecule has 0 atom stereocenters. The number of hydrogen-bond donors (Lipinski definition) is 1. The van der Waals surface area contributed by atoms with Gasteiger partial charge in [0, 0.05) is 22.7 Å². The average molecular weight is 464 g/mol. The van der Waals surface area contributed by atoms with E-state index < -0.39 is 16.1 Å². The van der Waals surface area contributed by atoms with Crippen LogP contribution in [-0.4, -0.2) is 31.2 Å². The number of nitrogens with one attached hydrogen (secondary N) is 1. The Kier molecular flexibility index (Phi) is 8.02. The van der Waals surface area contributed by atoms with E-state index in [1.807, 2.05) is 70.5 Å². The molecule has 0 unspecified atom stereocenters. The molecule has 0 fully saturated rings. The number of ether oxygens (including phenoxy) is 1. The fourth-order valence-corrected chi connectivity index (χ4v) is 5.69. The Morgan fingerprint density at radius 1 is 1.13 bits per heavy atom. The number of thiophene rings is 1. The van der Waals surface area contributed by atoms with E-state index in [1.165, 1.54) is 0 Å². The number of amides is 1. The molecule has 0 radical (unpaired) electrons. The van der Waals surface area contributed by atoms with E-state index >= 15 is 0 Å². The Hall–Kier alpha value is -2.65. The van der Waals surface area contributed by atoms with Crippen LogP contribution in [0.4, 0.5) is 4.79 Å². The van der Waals surface area contributed by atoms with Gasteiger partial charge in [0.15, 0.2) is 0 Å². The van der Waals surface area contributed by atoms with Crippen molar-refractivity contribution < 1.29 is 17.9 Å². The van der Waals surface area contributed by atoms with Gasteiger partial charge in [-0.1, -0.05) is 38.1 Å². The van der Waals surface area contributed by atoms with Gasteiger partial charge in [-0.05, 0) is 44.9 Å². The van der Waals surface area contributed by atoms with Crippen molar-refractivity contribution in [2.45, 2.75) is 52.3 Å². The summed E-state index contributed by atoms with van der Waals surface area (Å²) >= 11 is 1.11. The highest BCUT2D eigenvalue weighted by atomic mass is 32.2. The van der Waals surface area contributed by atoms with Crippen LogP contribution in [0.5, 0.6) is 0 Å². The molecule has 1 amide bonds. The number of hydrogen-bond acceptors (Lipinski definition) is 6. The SMILES string of the molecule is CC.COC(=O)NS(=O)(=O)c1sc(C)cc1-c1ccc(Cn2c(C)nc(C)c2C)cc1. The summed E-state index contributed by atoms with van der Waals surface area (Å²) in [6.45, 7) is 12.5. The molecule has 0 aliphatic heterocycles. The Morgan fingerprint density at radius 3 is 2.26 bits per heavy atom. The first-order valence-corrected chi connectivity index (χ1v) is 12.2. The van der Waals surface area contributed by atoms with Crippen molar-refractivity contribution in [2.24, 2.45) is 0 Å². The third-order valence-corrected chi connectivity index (χ3v) is 7.62. The molecular weight excluding hydrogens is 434 g/mol. The molecule has 0 aliphatic rings. The fraction of sp³-hybridized carbons (Fsp3) is 0.364. The molecule has 0 saturated heterocycles. The third kappa shape index (κ3) is 5.54. The summed E-state index contributed by atoms with van der Waals surface area (Å²) in [5.74, 6) is 0.958. The van der Waals surface area contributed by atoms with Gasteiger partial charge in [0.2, 0.25) is 0 Å². The van der Waals surface area contributed by atoms with Crippen LogP contribution in [-0.2, 0) is 21.3 Å². The van der Waals surface area contributed by atoms with E-state index in [1.54, 1.807) is 6.07 Å². The first-order chi connectivity index (χ1) is 14.6. The smallest absolute Gasteiger partial charge is 0.420 e. The number of benzene rings is 1. The van der Waals surface area contributed by atoms with Gasteiger partial charge in [0.05, 0.1) is 12.8 Å². The number of rotatable bonds is 5. The number of imidazole rings is 1. The number of methoxy groups -OCH3 is 1. The van der Waals surface area contributed by atoms with Crippen molar-refractivity contribution >= 4 is 27.5 Å². The van der Waals surface area contributed by atoms with Gasteiger partial charge in [-0.3, -0.25) is 0 Å². The zero-order chi connectivity index (χ0) is 23.3. The number of carbonyl (C=O) groups excluding carboxylic acids is 1. The van der Waals surface area contributed by atoms with Crippen LogP contribution in [0.15, 0.2) is 34.5 Å². The van der Waals surface area contributed by atoms with Gasteiger partial charge in [-0.25, -0.2) is 22.9 Å². The quantitative estimate of drug-likeness (QED) is 0.577. The van der Waals surface area contributed by atoms with Crippen molar-refractivity contribution in [1.29, 1.82) is 0 Å². The van der Waals surface area contributed by atoms with Crippen molar-refractivity contribution in [2.75, 3.05) is 7.11 Å². The second kappa shape index (κ2) is 10.1. The Balaban J connectivity index is 0.00000166. The van der Waals surface area contributed by atoms with E-state index in [9.17, 15) is 13.2 Å². The van der Waals surface area contributed by atoms with E-state index in [2.05, 4.69) is 14.3 Å². The summed E-state index contributed by atoms with van der Waals surface area (Å²) in [4.78, 5) is 16.7. The van der Waals surface area contributed by atoms with Crippen LogP contribution < -0.4 is 4.72 Å². The summed E-state index contributed by atoms with van der Waals surface area (Å²) in [5.41, 5.74) is 4.55. The van der Waals surface area contributed by atoms with Gasteiger partial charge < -0.3 is 9.30 Å². The molecule has 0 aliphatic carbocycles. The molecule has 1 N–H and O–H groups in total. The van der Waals surface area contributed by atoms with Crippen molar-refractivity contribution in [1.82, 2.24) is 14.3 Å². The molecule has 0 bridgehead atoms. The largest absolute Gasteiger partial charge is 0.452 e. The minimum Gasteiger partial charge on any atom is -0.452 e.